The highest BCUT2D eigenvalue weighted by molar-refractivity contribution is 5.22. The average Bonchev–Trinajstić information content (AvgIpc) is 2.33. The molecule has 2 N–H and O–H groups in total. The summed E-state index contributed by atoms with van der Waals surface area (Å²) >= 11 is 0. The Hall–Kier alpha value is -1.12. The lowest BCUT2D eigenvalue weighted by atomic mass is 10.1. The van der Waals surface area contributed by atoms with Crippen molar-refractivity contribution in [1.82, 2.24) is 4.90 Å². The standard InChI is InChI=1S/C15H24N2/c1-3-11-17(12-4-2)13-15-7-5-14(6-8-15)9-10-16/h3,5-8H,1,4,9-13,16H2,2H3. The number of hydrogen-bond donors (Lipinski definition) is 1. The third kappa shape index (κ3) is 5.16. The summed E-state index contributed by atoms with van der Waals surface area (Å²) in [5.74, 6) is 0. The Labute approximate surface area is 105 Å². The van der Waals surface area contributed by atoms with E-state index >= 15 is 0 Å². The van der Waals surface area contributed by atoms with Crippen molar-refractivity contribution >= 4 is 0 Å². The van der Waals surface area contributed by atoms with Crippen LogP contribution in [0.2, 0.25) is 0 Å². The van der Waals surface area contributed by atoms with E-state index in [-0.39, 0.29) is 0 Å². The van der Waals surface area contributed by atoms with E-state index in [2.05, 4.69) is 42.7 Å². The van der Waals surface area contributed by atoms with Gasteiger partial charge in [0.15, 0.2) is 0 Å². The summed E-state index contributed by atoms with van der Waals surface area (Å²) in [7, 11) is 0. The van der Waals surface area contributed by atoms with Crippen LogP contribution in [0, 0.1) is 0 Å². The summed E-state index contributed by atoms with van der Waals surface area (Å²) in [6, 6.07) is 8.77. The molecule has 1 aromatic carbocycles. The van der Waals surface area contributed by atoms with Crippen molar-refractivity contribution in [2.45, 2.75) is 26.3 Å². The van der Waals surface area contributed by atoms with E-state index in [1.165, 1.54) is 17.5 Å². The molecule has 0 saturated carbocycles. The summed E-state index contributed by atoms with van der Waals surface area (Å²) in [5.41, 5.74) is 8.22. The lowest BCUT2D eigenvalue weighted by molar-refractivity contribution is 0.295. The number of rotatable bonds is 8. The second-order valence-electron chi connectivity index (χ2n) is 4.38. The molecule has 1 aromatic rings. The Balaban J connectivity index is 2.56. The van der Waals surface area contributed by atoms with Gasteiger partial charge in [-0.25, -0.2) is 0 Å². The zero-order chi connectivity index (χ0) is 12.5. The van der Waals surface area contributed by atoms with Crippen LogP contribution in [0.1, 0.15) is 24.5 Å². The van der Waals surface area contributed by atoms with Gasteiger partial charge in [0, 0.05) is 13.1 Å². The Bertz CT molecular complexity index is 316. The third-order valence-electron chi connectivity index (χ3n) is 2.79. The van der Waals surface area contributed by atoms with E-state index in [0.717, 1.165) is 32.6 Å². The zero-order valence-corrected chi connectivity index (χ0v) is 10.9. The van der Waals surface area contributed by atoms with Crippen molar-refractivity contribution in [3.8, 4) is 0 Å². The van der Waals surface area contributed by atoms with Crippen LogP contribution < -0.4 is 5.73 Å². The van der Waals surface area contributed by atoms with Gasteiger partial charge in [-0.1, -0.05) is 37.3 Å². The molecule has 0 bridgehead atoms. The van der Waals surface area contributed by atoms with Gasteiger partial charge in [0.2, 0.25) is 0 Å². The highest BCUT2D eigenvalue weighted by Crippen LogP contribution is 2.08. The van der Waals surface area contributed by atoms with Crippen molar-refractivity contribution in [2.24, 2.45) is 5.73 Å². The molecular formula is C15H24N2. The fourth-order valence-corrected chi connectivity index (χ4v) is 1.97. The largest absolute Gasteiger partial charge is 0.330 e. The molecule has 0 aromatic heterocycles. The molecule has 0 heterocycles. The molecule has 2 heteroatoms. The Morgan fingerprint density at radius 2 is 1.88 bits per heavy atom. The molecule has 0 atom stereocenters. The average molecular weight is 232 g/mol. The number of nitrogens with two attached hydrogens (primary N) is 1. The lowest BCUT2D eigenvalue weighted by Gasteiger charge is -2.19. The minimum atomic E-state index is 0.720. The van der Waals surface area contributed by atoms with Gasteiger partial charge in [-0.05, 0) is 37.1 Å². The Morgan fingerprint density at radius 1 is 1.24 bits per heavy atom. The predicted molar refractivity (Wildman–Crippen MR) is 75.0 cm³/mol. The van der Waals surface area contributed by atoms with Gasteiger partial charge >= 0.3 is 0 Å². The van der Waals surface area contributed by atoms with Crippen LogP contribution in [0.25, 0.3) is 0 Å². The van der Waals surface area contributed by atoms with E-state index in [1.807, 2.05) is 6.08 Å². The van der Waals surface area contributed by atoms with Crippen LogP contribution in [0.4, 0.5) is 0 Å². The van der Waals surface area contributed by atoms with E-state index in [4.69, 9.17) is 5.73 Å². The van der Waals surface area contributed by atoms with Gasteiger partial charge in [0.05, 0.1) is 0 Å². The molecule has 0 aliphatic heterocycles. The normalized spacial score (nSPS) is 10.8. The third-order valence-corrected chi connectivity index (χ3v) is 2.79. The first-order chi connectivity index (χ1) is 8.30. The van der Waals surface area contributed by atoms with Gasteiger partial charge in [-0.2, -0.15) is 0 Å². The first-order valence-electron chi connectivity index (χ1n) is 6.41. The molecule has 0 radical (unpaired) electrons. The van der Waals surface area contributed by atoms with E-state index < -0.39 is 0 Å². The maximum atomic E-state index is 5.54. The lowest BCUT2D eigenvalue weighted by Crippen LogP contribution is -2.24. The van der Waals surface area contributed by atoms with Gasteiger partial charge in [0.1, 0.15) is 0 Å². The van der Waals surface area contributed by atoms with Gasteiger partial charge < -0.3 is 5.73 Å². The molecule has 0 amide bonds. The summed E-state index contributed by atoms with van der Waals surface area (Å²) in [6.45, 7) is 9.82. The zero-order valence-electron chi connectivity index (χ0n) is 10.9. The first-order valence-corrected chi connectivity index (χ1v) is 6.41. The summed E-state index contributed by atoms with van der Waals surface area (Å²) in [6.07, 6.45) is 4.11. The summed E-state index contributed by atoms with van der Waals surface area (Å²) < 4.78 is 0. The minimum absolute atomic E-state index is 0.720. The Morgan fingerprint density at radius 3 is 2.41 bits per heavy atom. The van der Waals surface area contributed by atoms with Gasteiger partial charge in [-0.15, -0.1) is 6.58 Å². The molecule has 0 aliphatic rings. The van der Waals surface area contributed by atoms with E-state index in [0.29, 0.717) is 0 Å². The van der Waals surface area contributed by atoms with Gasteiger partial charge in [-0.3, -0.25) is 4.90 Å². The Kier molecular flexibility index (Phi) is 6.60. The second-order valence-corrected chi connectivity index (χ2v) is 4.38. The molecule has 0 fully saturated rings. The fraction of sp³-hybridized carbons (Fsp3) is 0.467. The monoisotopic (exact) mass is 232 g/mol. The van der Waals surface area contributed by atoms with Crippen molar-refractivity contribution in [1.29, 1.82) is 0 Å². The van der Waals surface area contributed by atoms with Crippen LogP contribution in [0.5, 0.6) is 0 Å². The van der Waals surface area contributed by atoms with E-state index in [1.54, 1.807) is 0 Å². The topological polar surface area (TPSA) is 29.3 Å². The second kappa shape index (κ2) is 8.04. The minimum Gasteiger partial charge on any atom is -0.330 e. The van der Waals surface area contributed by atoms with Gasteiger partial charge in [0.25, 0.3) is 0 Å². The first kappa shape index (κ1) is 13.9. The quantitative estimate of drug-likeness (QED) is 0.698. The molecular weight excluding hydrogens is 208 g/mol. The van der Waals surface area contributed by atoms with Crippen LogP contribution >= 0.6 is 0 Å². The SMILES string of the molecule is C=CCN(CCC)Cc1ccc(CCN)cc1. The van der Waals surface area contributed by atoms with Crippen LogP contribution in [-0.4, -0.2) is 24.5 Å². The summed E-state index contributed by atoms with van der Waals surface area (Å²) in [4.78, 5) is 2.41. The van der Waals surface area contributed by atoms with Crippen LogP contribution in [0.3, 0.4) is 0 Å². The predicted octanol–water partition coefficient (Wildman–Crippen LogP) is 2.59. The maximum Gasteiger partial charge on any atom is 0.0237 e. The van der Waals surface area contributed by atoms with Crippen LogP contribution in [-0.2, 0) is 13.0 Å². The van der Waals surface area contributed by atoms with Crippen molar-refractivity contribution < 1.29 is 0 Å². The summed E-state index contributed by atoms with van der Waals surface area (Å²) in [5, 5.41) is 0. The highest BCUT2D eigenvalue weighted by atomic mass is 15.1. The highest BCUT2D eigenvalue weighted by Gasteiger charge is 2.02. The maximum absolute atomic E-state index is 5.54. The molecule has 0 saturated heterocycles. The molecule has 94 valence electrons. The molecule has 0 aliphatic carbocycles. The molecule has 2 nitrogen and oxygen atoms in total. The molecule has 1 rings (SSSR count). The van der Waals surface area contributed by atoms with Crippen LogP contribution in [0.15, 0.2) is 36.9 Å². The smallest absolute Gasteiger partial charge is 0.0237 e. The van der Waals surface area contributed by atoms with Crippen molar-refractivity contribution in [3.05, 3.63) is 48.0 Å². The molecule has 0 unspecified atom stereocenters. The number of hydrogen-bond acceptors (Lipinski definition) is 2. The van der Waals surface area contributed by atoms with E-state index in [9.17, 15) is 0 Å². The van der Waals surface area contributed by atoms with Crippen molar-refractivity contribution in [3.63, 3.8) is 0 Å². The molecule has 0 spiro atoms. The van der Waals surface area contributed by atoms with Crippen molar-refractivity contribution in [2.75, 3.05) is 19.6 Å². The number of benzene rings is 1. The fourth-order valence-electron chi connectivity index (χ4n) is 1.97. The molecule has 17 heavy (non-hydrogen) atoms. The number of nitrogens with zero attached hydrogens (tertiary/aromatic N) is 1.